The van der Waals surface area contributed by atoms with E-state index in [0.29, 0.717) is 5.69 Å². The Labute approximate surface area is 127 Å². The maximum atomic E-state index is 12.0. The first-order valence-electron chi connectivity index (χ1n) is 6.95. The van der Waals surface area contributed by atoms with Crippen molar-refractivity contribution < 1.29 is 13.2 Å². The van der Waals surface area contributed by atoms with E-state index in [1.165, 1.54) is 4.31 Å². The largest absolute Gasteiger partial charge is 0.354 e. The minimum atomic E-state index is -3.42. The van der Waals surface area contributed by atoms with E-state index in [2.05, 4.69) is 5.32 Å². The highest BCUT2D eigenvalue weighted by atomic mass is 32.2. The number of hydrogen-bond donors (Lipinski definition) is 1. The number of benzene rings is 1. The number of aryl methyl sites for hydroxylation is 2. The molecular weight excluding hydrogens is 288 g/mol. The zero-order chi connectivity index (χ0) is 16.2. The second kappa shape index (κ2) is 6.93. The molecular formula is C15H24N2O3S. The maximum absolute atomic E-state index is 12.0. The highest BCUT2D eigenvalue weighted by Gasteiger charge is 2.19. The van der Waals surface area contributed by atoms with Gasteiger partial charge in [0.25, 0.3) is 0 Å². The monoisotopic (exact) mass is 312 g/mol. The van der Waals surface area contributed by atoms with Gasteiger partial charge in [-0.1, -0.05) is 6.07 Å². The summed E-state index contributed by atoms with van der Waals surface area (Å²) in [7, 11) is -3.42. The van der Waals surface area contributed by atoms with Gasteiger partial charge in [0, 0.05) is 19.0 Å². The fraction of sp³-hybridized carbons (Fsp3) is 0.533. The molecule has 1 aromatic carbocycles. The Morgan fingerprint density at radius 3 is 2.33 bits per heavy atom. The van der Waals surface area contributed by atoms with Crippen LogP contribution in [0.25, 0.3) is 0 Å². The second-order valence-corrected chi connectivity index (χ2v) is 7.48. The van der Waals surface area contributed by atoms with Gasteiger partial charge in [-0.15, -0.1) is 0 Å². The van der Waals surface area contributed by atoms with Crippen molar-refractivity contribution in [1.82, 2.24) is 5.32 Å². The quantitative estimate of drug-likeness (QED) is 0.873. The molecule has 1 amide bonds. The van der Waals surface area contributed by atoms with Gasteiger partial charge < -0.3 is 5.32 Å². The van der Waals surface area contributed by atoms with Crippen molar-refractivity contribution in [3.05, 3.63) is 29.3 Å². The van der Waals surface area contributed by atoms with Gasteiger partial charge in [0.2, 0.25) is 15.9 Å². The highest BCUT2D eigenvalue weighted by molar-refractivity contribution is 7.92. The molecule has 0 aliphatic rings. The number of sulfonamides is 1. The lowest BCUT2D eigenvalue weighted by molar-refractivity contribution is -0.121. The molecule has 0 saturated heterocycles. The van der Waals surface area contributed by atoms with Crippen molar-refractivity contribution in [3.8, 4) is 0 Å². The van der Waals surface area contributed by atoms with E-state index in [-0.39, 0.29) is 24.9 Å². The van der Waals surface area contributed by atoms with Gasteiger partial charge in [0.05, 0.1) is 11.9 Å². The van der Waals surface area contributed by atoms with Crippen LogP contribution in [-0.4, -0.2) is 33.2 Å². The summed E-state index contributed by atoms with van der Waals surface area (Å²) >= 11 is 0. The molecule has 118 valence electrons. The van der Waals surface area contributed by atoms with Gasteiger partial charge in [-0.3, -0.25) is 9.10 Å². The topological polar surface area (TPSA) is 66.5 Å². The van der Waals surface area contributed by atoms with E-state index >= 15 is 0 Å². The molecule has 1 rings (SSSR count). The Bertz CT molecular complexity index is 609. The number of nitrogens with one attached hydrogen (secondary N) is 1. The van der Waals surface area contributed by atoms with Crippen molar-refractivity contribution >= 4 is 21.6 Å². The van der Waals surface area contributed by atoms with E-state index in [9.17, 15) is 13.2 Å². The van der Waals surface area contributed by atoms with Gasteiger partial charge in [0.15, 0.2) is 0 Å². The molecule has 0 spiro atoms. The lowest BCUT2D eigenvalue weighted by Crippen LogP contribution is -2.36. The standard InChI is InChI=1S/C15H24N2O3S/c1-11(2)16-15(18)8-9-17(21(5,19)20)14-7-6-12(3)13(4)10-14/h6-7,10-11H,8-9H2,1-5H3,(H,16,18). The number of rotatable bonds is 6. The maximum Gasteiger partial charge on any atom is 0.232 e. The van der Waals surface area contributed by atoms with Gasteiger partial charge in [0.1, 0.15) is 0 Å². The fourth-order valence-corrected chi connectivity index (χ4v) is 2.88. The fourth-order valence-electron chi connectivity index (χ4n) is 1.96. The Kier molecular flexibility index (Phi) is 5.78. The van der Waals surface area contributed by atoms with Crippen LogP contribution in [0.3, 0.4) is 0 Å². The summed E-state index contributed by atoms with van der Waals surface area (Å²) in [5, 5.41) is 2.76. The van der Waals surface area contributed by atoms with Crippen LogP contribution >= 0.6 is 0 Å². The van der Waals surface area contributed by atoms with Crippen molar-refractivity contribution in [2.75, 3.05) is 17.1 Å². The number of anilines is 1. The molecule has 0 radical (unpaired) electrons. The SMILES string of the molecule is Cc1ccc(N(CCC(=O)NC(C)C)S(C)(=O)=O)cc1C. The molecule has 6 heteroatoms. The molecule has 1 aromatic rings. The molecule has 5 nitrogen and oxygen atoms in total. The van der Waals surface area contributed by atoms with Crippen LogP contribution in [-0.2, 0) is 14.8 Å². The zero-order valence-corrected chi connectivity index (χ0v) is 14.1. The predicted molar refractivity (Wildman–Crippen MR) is 86.0 cm³/mol. The average molecular weight is 312 g/mol. The van der Waals surface area contributed by atoms with Crippen molar-refractivity contribution in [1.29, 1.82) is 0 Å². The average Bonchev–Trinajstić information content (AvgIpc) is 2.31. The Morgan fingerprint density at radius 1 is 1.24 bits per heavy atom. The van der Waals surface area contributed by atoms with Crippen LogP contribution in [0.5, 0.6) is 0 Å². The molecule has 0 saturated carbocycles. The Morgan fingerprint density at radius 2 is 1.86 bits per heavy atom. The molecule has 0 atom stereocenters. The van der Waals surface area contributed by atoms with E-state index in [1.54, 1.807) is 6.07 Å². The molecule has 1 N–H and O–H groups in total. The third-order valence-corrected chi connectivity index (χ3v) is 4.36. The van der Waals surface area contributed by atoms with Crippen LogP contribution in [0, 0.1) is 13.8 Å². The predicted octanol–water partition coefficient (Wildman–Crippen LogP) is 1.98. The van der Waals surface area contributed by atoms with Crippen LogP contribution in [0.2, 0.25) is 0 Å². The summed E-state index contributed by atoms with van der Waals surface area (Å²) in [5.74, 6) is -0.150. The minimum absolute atomic E-state index is 0.0470. The van der Waals surface area contributed by atoms with E-state index in [0.717, 1.165) is 17.4 Å². The summed E-state index contributed by atoms with van der Waals surface area (Å²) in [5.41, 5.74) is 2.72. The van der Waals surface area contributed by atoms with E-state index in [1.807, 2.05) is 39.8 Å². The number of amides is 1. The van der Waals surface area contributed by atoms with E-state index in [4.69, 9.17) is 0 Å². The van der Waals surface area contributed by atoms with Gasteiger partial charge in [-0.05, 0) is 51.0 Å². The van der Waals surface area contributed by atoms with Gasteiger partial charge in [-0.25, -0.2) is 8.42 Å². The van der Waals surface area contributed by atoms with Gasteiger partial charge in [-0.2, -0.15) is 0 Å². The van der Waals surface area contributed by atoms with E-state index < -0.39 is 10.0 Å². The number of nitrogens with zero attached hydrogens (tertiary/aromatic N) is 1. The van der Waals surface area contributed by atoms with Crippen molar-refractivity contribution in [3.63, 3.8) is 0 Å². The molecule has 0 aliphatic heterocycles. The number of hydrogen-bond acceptors (Lipinski definition) is 3. The van der Waals surface area contributed by atoms with Crippen molar-refractivity contribution in [2.24, 2.45) is 0 Å². The van der Waals surface area contributed by atoms with Crippen molar-refractivity contribution in [2.45, 2.75) is 40.2 Å². The molecule has 0 aliphatic carbocycles. The van der Waals surface area contributed by atoms with Crippen LogP contribution in [0.15, 0.2) is 18.2 Å². The van der Waals surface area contributed by atoms with Crippen LogP contribution in [0.1, 0.15) is 31.4 Å². The summed E-state index contributed by atoms with van der Waals surface area (Å²) in [4.78, 5) is 11.7. The molecule has 0 heterocycles. The molecule has 0 bridgehead atoms. The molecule has 0 aromatic heterocycles. The highest BCUT2D eigenvalue weighted by Crippen LogP contribution is 2.21. The first kappa shape index (κ1) is 17.5. The Hall–Kier alpha value is -1.56. The normalized spacial score (nSPS) is 11.5. The lowest BCUT2D eigenvalue weighted by Gasteiger charge is -2.23. The number of carbonyl (C=O) groups is 1. The first-order chi connectivity index (χ1) is 9.61. The molecule has 21 heavy (non-hydrogen) atoms. The lowest BCUT2D eigenvalue weighted by atomic mass is 10.1. The molecule has 0 fully saturated rings. The third-order valence-electron chi connectivity index (χ3n) is 3.17. The summed E-state index contributed by atoms with van der Waals surface area (Å²) in [6, 6.07) is 5.53. The minimum Gasteiger partial charge on any atom is -0.354 e. The van der Waals surface area contributed by atoms with Crippen LogP contribution in [0.4, 0.5) is 5.69 Å². The van der Waals surface area contributed by atoms with Gasteiger partial charge >= 0.3 is 0 Å². The summed E-state index contributed by atoms with van der Waals surface area (Å²) in [6.07, 6.45) is 1.29. The third kappa shape index (κ3) is 5.38. The smallest absolute Gasteiger partial charge is 0.232 e. The number of carbonyl (C=O) groups excluding carboxylic acids is 1. The zero-order valence-electron chi connectivity index (χ0n) is 13.3. The second-order valence-electron chi connectivity index (χ2n) is 5.58. The summed E-state index contributed by atoms with van der Waals surface area (Å²) < 4.78 is 25.2. The Balaban J connectivity index is 2.92. The first-order valence-corrected chi connectivity index (χ1v) is 8.80. The summed E-state index contributed by atoms with van der Waals surface area (Å²) in [6.45, 7) is 7.79. The van der Waals surface area contributed by atoms with Crippen LogP contribution < -0.4 is 9.62 Å². The molecule has 0 unspecified atom stereocenters.